The summed E-state index contributed by atoms with van der Waals surface area (Å²) in [4.78, 5) is 42.2. The van der Waals surface area contributed by atoms with Gasteiger partial charge in [0.05, 0.1) is 12.2 Å². The predicted octanol–water partition coefficient (Wildman–Crippen LogP) is 1.90. The van der Waals surface area contributed by atoms with Crippen molar-refractivity contribution >= 4 is 34.9 Å². The second-order valence-electron chi connectivity index (χ2n) is 7.96. The van der Waals surface area contributed by atoms with E-state index in [1.807, 2.05) is 0 Å². The average Bonchev–Trinajstić information content (AvgIpc) is 3.35. The molecule has 0 aliphatic carbocycles. The number of hydrogen-bond acceptors (Lipinski definition) is 3. The van der Waals surface area contributed by atoms with Gasteiger partial charge in [0.2, 0.25) is 17.6 Å². The first-order chi connectivity index (χ1) is 14.0. The Morgan fingerprint density at radius 1 is 1.00 bits per heavy atom. The SMILES string of the molecule is O=C(c1ccc(F)cc1)[C@@H]1[C@@H]2C(=O)N(c3ccc(Cl)cc3)C(=O)[C@@H]2[C@H]2CCC[NH+]21. The van der Waals surface area contributed by atoms with Crippen molar-refractivity contribution in [3.63, 3.8) is 0 Å². The third-order valence-corrected chi connectivity index (χ3v) is 6.79. The van der Waals surface area contributed by atoms with E-state index >= 15 is 0 Å². The molecule has 5 atom stereocenters. The Kier molecular flexibility index (Phi) is 4.29. The normalized spacial score (nSPS) is 30.6. The molecule has 5 nitrogen and oxygen atoms in total. The number of anilines is 1. The number of fused-ring (bicyclic) bond motifs is 3. The third kappa shape index (κ3) is 2.74. The van der Waals surface area contributed by atoms with Gasteiger partial charge in [0, 0.05) is 23.4 Å². The highest BCUT2D eigenvalue weighted by Crippen LogP contribution is 2.40. The van der Waals surface area contributed by atoms with Crippen molar-refractivity contribution in [3.05, 3.63) is 64.9 Å². The van der Waals surface area contributed by atoms with Gasteiger partial charge in [-0.05, 0) is 48.5 Å². The number of nitrogens with zero attached hydrogens (tertiary/aromatic N) is 1. The molecule has 1 unspecified atom stereocenters. The Morgan fingerprint density at radius 3 is 2.34 bits per heavy atom. The van der Waals surface area contributed by atoms with Gasteiger partial charge in [-0.2, -0.15) is 0 Å². The van der Waals surface area contributed by atoms with Crippen LogP contribution in [0.2, 0.25) is 5.02 Å². The topological polar surface area (TPSA) is 58.9 Å². The summed E-state index contributed by atoms with van der Waals surface area (Å²) in [5.74, 6) is -2.36. The van der Waals surface area contributed by atoms with Crippen molar-refractivity contribution < 1.29 is 23.7 Å². The fraction of sp³-hybridized carbons (Fsp3) is 0.318. The Morgan fingerprint density at radius 2 is 1.66 bits per heavy atom. The van der Waals surface area contributed by atoms with Gasteiger partial charge < -0.3 is 4.90 Å². The highest BCUT2D eigenvalue weighted by Gasteiger charge is 2.68. The summed E-state index contributed by atoms with van der Waals surface area (Å²) in [6.45, 7) is 0.761. The van der Waals surface area contributed by atoms with Gasteiger partial charge >= 0.3 is 0 Å². The summed E-state index contributed by atoms with van der Waals surface area (Å²) in [6.07, 6.45) is 1.73. The summed E-state index contributed by atoms with van der Waals surface area (Å²) < 4.78 is 13.3. The molecular weight excluding hydrogens is 395 g/mol. The molecule has 29 heavy (non-hydrogen) atoms. The lowest BCUT2D eigenvalue weighted by molar-refractivity contribution is -0.915. The van der Waals surface area contributed by atoms with E-state index in [9.17, 15) is 18.8 Å². The molecule has 2 aromatic rings. The maximum Gasteiger partial charge on any atom is 0.244 e. The number of imide groups is 1. The van der Waals surface area contributed by atoms with E-state index in [2.05, 4.69) is 0 Å². The lowest BCUT2D eigenvalue weighted by atomic mass is 9.85. The van der Waals surface area contributed by atoms with E-state index < -0.39 is 23.7 Å². The van der Waals surface area contributed by atoms with Gasteiger partial charge in [-0.1, -0.05) is 11.6 Å². The number of carbonyl (C=O) groups is 3. The van der Waals surface area contributed by atoms with Crippen LogP contribution in [0.5, 0.6) is 0 Å². The van der Waals surface area contributed by atoms with Crippen LogP contribution < -0.4 is 9.80 Å². The highest BCUT2D eigenvalue weighted by molar-refractivity contribution is 6.31. The van der Waals surface area contributed by atoms with Gasteiger partial charge in [0.15, 0.2) is 6.04 Å². The van der Waals surface area contributed by atoms with Gasteiger partial charge in [0.1, 0.15) is 23.7 Å². The lowest BCUT2D eigenvalue weighted by Gasteiger charge is -2.25. The first-order valence-corrected chi connectivity index (χ1v) is 10.1. The van der Waals surface area contributed by atoms with Crippen molar-refractivity contribution in [1.82, 2.24) is 0 Å². The maximum atomic E-state index is 13.4. The van der Waals surface area contributed by atoms with E-state index in [1.54, 1.807) is 24.3 Å². The lowest BCUT2D eigenvalue weighted by Crippen LogP contribution is -3.16. The van der Waals surface area contributed by atoms with Crippen molar-refractivity contribution in [3.8, 4) is 0 Å². The van der Waals surface area contributed by atoms with Crippen LogP contribution in [0.15, 0.2) is 48.5 Å². The molecule has 0 aromatic heterocycles. The monoisotopic (exact) mass is 413 g/mol. The second-order valence-corrected chi connectivity index (χ2v) is 8.40. The van der Waals surface area contributed by atoms with E-state index in [1.165, 1.54) is 29.2 Å². The molecule has 148 valence electrons. The van der Waals surface area contributed by atoms with Crippen LogP contribution in [0.25, 0.3) is 0 Å². The van der Waals surface area contributed by atoms with E-state index in [0.717, 1.165) is 24.3 Å². The molecule has 3 heterocycles. The van der Waals surface area contributed by atoms with Crippen molar-refractivity contribution in [1.29, 1.82) is 0 Å². The molecule has 3 aliphatic heterocycles. The summed E-state index contributed by atoms with van der Waals surface area (Å²) in [5.41, 5.74) is 0.853. The van der Waals surface area contributed by atoms with Crippen LogP contribution in [-0.2, 0) is 9.59 Å². The van der Waals surface area contributed by atoms with Gasteiger partial charge in [0.25, 0.3) is 0 Å². The quantitative estimate of drug-likeness (QED) is 0.617. The van der Waals surface area contributed by atoms with Crippen LogP contribution in [0.3, 0.4) is 0 Å². The summed E-state index contributed by atoms with van der Waals surface area (Å²) in [5, 5.41) is 0.517. The van der Waals surface area contributed by atoms with Crippen LogP contribution >= 0.6 is 11.6 Å². The predicted molar refractivity (Wildman–Crippen MR) is 104 cm³/mol. The summed E-state index contributed by atoms with van der Waals surface area (Å²) in [7, 11) is 0. The first-order valence-electron chi connectivity index (χ1n) is 9.76. The number of nitrogens with one attached hydrogen (secondary N) is 1. The summed E-state index contributed by atoms with van der Waals surface area (Å²) >= 11 is 5.94. The molecule has 0 radical (unpaired) electrons. The molecule has 5 rings (SSSR count). The average molecular weight is 414 g/mol. The second kappa shape index (κ2) is 6.75. The number of rotatable bonds is 3. The summed E-state index contributed by atoms with van der Waals surface area (Å²) in [6, 6.07) is 11.3. The fourth-order valence-electron chi connectivity index (χ4n) is 5.38. The number of hydrogen-bond donors (Lipinski definition) is 1. The Labute approximate surface area is 172 Å². The molecular formula is C22H19ClFN2O3+. The zero-order valence-corrected chi connectivity index (χ0v) is 16.2. The first kappa shape index (κ1) is 18.5. The van der Waals surface area contributed by atoms with Crippen LogP contribution in [0.1, 0.15) is 23.2 Å². The third-order valence-electron chi connectivity index (χ3n) is 6.54. The Hall–Kier alpha value is -2.57. The number of quaternary nitrogens is 1. The molecule has 7 heteroatoms. The molecule has 0 spiro atoms. The van der Waals surface area contributed by atoms with E-state index in [4.69, 9.17) is 11.6 Å². The zero-order chi connectivity index (χ0) is 20.3. The fourth-order valence-corrected chi connectivity index (χ4v) is 5.51. The number of benzene rings is 2. The number of halogens is 2. The van der Waals surface area contributed by atoms with Gasteiger partial charge in [-0.3, -0.25) is 14.4 Å². The van der Waals surface area contributed by atoms with Crippen molar-refractivity contribution in [2.45, 2.75) is 24.9 Å². The Balaban J connectivity index is 1.54. The number of Topliss-reactive ketones (excluding diaryl/α,β-unsaturated/α-hetero) is 1. The number of carbonyl (C=O) groups excluding carboxylic acids is 3. The number of ketones is 1. The minimum Gasteiger partial charge on any atom is -0.322 e. The molecule has 3 aliphatic rings. The van der Waals surface area contributed by atoms with Crippen LogP contribution in [0, 0.1) is 17.7 Å². The highest BCUT2D eigenvalue weighted by atomic mass is 35.5. The minimum atomic E-state index is -0.684. The van der Waals surface area contributed by atoms with Crippen molar-refractivity contribution in [2.24, 2.45) is 11.8 Å². The van der Waals surface area contributed by atoms with Crippen LogP contribution in [-0.4, -0.2) is 36.2 Å². The number of amides is 2. The zero-order valence-electron chi connectivity index (χ0n) is 15.5. The van der Waals surface area contributed by atoms with E-state index in [-0.39, 0.29) is 23.6 Å². The maximum absolute atomic E-state index is 13.4. The molecule has 3 saturated heterocycles. The van der Waals surface area contributed by atoms with Crippen LogP contribution in [0.4, 0.5) is 10.1 Å². The molecule has 3 fully saturated rings. The molecule has 2 amide bonds. The smallest absolute Gasteiger partial charge is 0.244 e. The minimum absolute atomic E-state index is 0.0388. The molecule has 0 bridgehead atoms. The largest absolute Gasteiger partial charge is 0.322 e. The standard InChI is InChI=1S/C22H18ClFN2O3/c23-13-5-9-15(10-6-13)26-21(28)17-16-2-1-11-25(16)19(18(17)22(26)29)20(27)12-3-7-14(24)8-4-12/h3-10,16-19H,1-2,11H2/p+1/t16-,17-,18-,19+/m1/s1. The van der Waals surface area contributed by atoms with Gasteiger partial charge in [-0.15, -0.1) is 0 Å². The Bertz CT molecular complexity index is 1010. The molecule has 1 N–H and O–H groups in total. The molecule has 0 saturated carbocycles. The molecule has 2 aromatic carbocycles. The van der Waals surface area contributed by atoms with Crippen molar-refractivity contribution in [2.75, 3.05) is 11.4 Å². The van der Waals surface area contributed by atoms with E-state index in [0.29, 0.717) is 16.3 Å². The van der Waals surface area contributed by atoms with Gasteiger partial charge in [-0.25, -0.2) is 9.29 Å².